The van der Waals surface area contributed by atoms with Crippen molar-refractivity contribution in [3.8, 4) is 0 Å². The largest absolute Gasteiger partial charge is 0.444 e. The lowest BCUT2D eigenvalue weighted by molar-refractivity contribution is -0.890. The number of ether oxygens (including phenoxy) is 1. The normalized spacial score (nSPS) is 12.8. The minimum absolute atomic E-state index is 0.147. The fourth-order valence-corrected chi connectivity index (χ4v) is 3.84. The molecule has 8 heteroatoms. The zero-order valence-electron chi connectivity index (χ0n) is 20.3. The summed E-state index contributed by atoms with van der Waals surface area (Å²) in [5, 5.41) is 0. The zero-order valence-corrected chi connectivity index (χ0v) is 21.1. The minimum Gasteiger partial charge on any atom is -0.444 e. The van der Waals surface area contributed by atoms with Gasteiger partial charge in [0.1, 0.15) is 5.60 Å². The summed E-state index contributed by atoms with van der Waals surface area (Å²) >= 11 is 0. The number of unbranched alkanes of at least 4 members (excludes halogenated alkanes) is 8. The number of nitrogens with zero attached hydrogens (tertiary/aromatic N) is 2. The van der Waals surface area contributed by atoms with E-state index in [1.54, 1.807) is 11.9 Å². The molecule has 0 saturated heterocycles. The summed E-state index contributed by atoms with van der Waals surface area (Å²) in [6.07, 6.45) is 11.0. The number of quaternary nitrogens is 1. The lowest BCUT2D eigenvalue weighted by Crippen LogP contribution is -2.41. The third-order valence-corrected chi connectivity index (χ3v) is 5.93. The van der Waals surface area contributed by atoms with Gasteiger partial charge in [-0.1, -0.05) is 38.5 Å². The van der Waals surface area contributed by atoms with Gasteiger partial charge in [-0.3, -0.25) is 4.55 Å². The Morgan fingerprint density at radius 2 is 1.30 bits per heavy atom. The van der Waals surface area contributed by atoms with Gasteiger partial charge in [0.2, 0.25) is 0 Å². The molecule has 180 valence electrons. The lowest BCUT2D eigenvalue weighted by Gasteiger charge is -2.29. The van der Waals surface area contributed by atoms with Gasteiger partial charge in [-0.25, -0.2) is 4.79 Å². The first kappa shape index (κ1) is 29.1. The van der Waals surface area contributed by atoms with Crippen LogP contribution in [0.15, 0.2) is 0 Å². The number of hydrogen-bond donors (Lipinski definition) is 1. The predicted octanol–water partition coefficient (Wildman–Crippen LogP) is 4.72. The van der Waals surface area contributed by atoms with Crippen molar-refractivity contribution in [3.63, 3.8) is 0 Å². The van der Waals surface area contributed by atoms with Crippen molar-refractivity contribution in [3.05, 3.63) is 0 Å². The summed E-state index contributed by atoms with van der Waals surface area (Å²) in [5.41, 5.74) is -0.441. The molecule has 0 spiro atoms. The number of carbonyl (C=O) groups is 1. The van der Waals surface area contributed by atoms with Gasteiger partial charge in [-0.05, 0) is 40.0 Å². The fraction of sp³-hybridized carbons (Fsp3) is 0.955. The molecule has 0 aliphatic carbocycles. The van der Waals surface area contributed by atoms with Gasteiger partial charge < -0.3 is 14.1 Å². The molecule has 30 heavy (non-hydrogen) atoms. The summed E-state index contributed by atoms with van der Waals surface area (Å²) in [6, 6.07) is 0. The van der Waals surface area contributed by atoms with Gasteiger partial charge in [-0.15, -0.1) is 0 Å². The maximum atomic E-state index is 11.9. The van der Waals surface area contributed by atoms with Gasteiger partial charge in [0, 0.05) is 20.0 Å². The molecule has 1 amide bonds. The first-order valence-corrected chi connectivity index (χ1v) is 13.0. The molecule has 0 saturated carbocycles. The van der Waals surface area contributed by atoms with Crippen molar-refractivity contribution in [2.24, 2.45) is 0 Å². The Kier molecular flexibility index (Phi) is 13.8. The maximum Gasteiger partial charge on any atom is 0.410 e. The van der Waals surface area contributed by atoms with E-state index < -0.39 is 15.7 Å². The molecule has 7 nitrogen and oxygen atoms in total. The van der Waals surface area contributed by atoms with Crippen LogP contribution in [0.1, 0.15) is 85.0 Å². The van der Waals surface area contributed by atoms with Gasteiger partial charge in [0.05, 0.1) is 32.9 Å². The van der Waals surface area contributed by atoms with E-state index in [-0.39, 0.29) is 11.8 Å². The van der Waals surface area contributed by atoms with Gasteiger partial charge in [-0.2, -0.15) is 8.42 Å². The van der Waals surface area contributed by atoms with E-state index in [1.165, 1.54) is 38.5 Å². The number of rotatable bonds is 16. The summed E-state index contributed by atoms with van der Waals surface area (Å²) < 4.78 is 36.5. The third kappa shape index (κ3) is 19.1. The van der Waals surface area contributed by atoms with Gasteiger partial charge >= 0.3 is 6.09 Å². The van der Waals surface area contributed by atoms with Crippen molar-refractivity contribution < 1.29 is 27.0 Å². The molecule has 0 unspecified atom stereocenters. The molecule has 0 aromatic rings. The van der Waals surface area contributed by atoms with Crippen molar-refractivity contribution >= 4 is 16.2 Å². The van der Waals surface area contributed by atoms with Crippen LogP contribution in [0.2, 0.25) is 0 Å². The average molecular weight is 452 g/mol. The molecule has 0 aliphatic heterocycles. The topological polar surface area (TPSA) is 83.9 Å². The number of amides is 1. The Morgan fingerprint density at radius 3 is 1.77 bits per heavy atom. The second-order valence-corrected chi connectivity index (χ2v) is 11.7. The van der Waals surface area contributed by atoms with Crippen molar-refractivity contribution in [2.45, 2.75) is 90.6 Å². The quantitative estimate of drug-likeness (QED) is 0.209. The Hall–Kier alpha value is -0.860. The molecule has 0 heterocycles. The third-order valence-electron chi connectivity index (χ3n) is 5.13. The van der Waals surface area contributed by atoms with Crippen LogP contribution in [-0.4, -0.2) is 80.6 Å². The summed E-state index contributed by atoms with van der Waals surface area (Å²) in [5.74, 6) is -0.147. The SMILES string of the molecule is CN(CCCCCCCCCCC[N+](C)(C)CCCS(=O)(=O)O)C(=O)OC(C)(C)C. The summed E-state index contributed by atoms with van der Waals surface area (Å²) in [7, 11) is 2.19. The van der Waals surface area contributed by atoms with Crippen molar-refractivity contribution in [2.75, 3.05) is 46.5 Å². The minimum atomic E-state index is -3.84. The molecule has 0 rings (SSSR count). The molecule has 0 aromatic heterocycles. The van der Waals surface area contributed by atoms with E-state index in [2.05, 4.69) is 14.1 Å². The van der Waals surface area contributed by atoms with Crippen LogP contribution in [0.25, 0.3) is 0 Å². The van der Waals surface area contributed by atoms with Crippen LogP contribution < -0.4 is 0 Å². The zero-order chi connectivity index (χ0) is 23.3. The van der Waals surface area contributed by atoms with E-state index in [0.29, 0.717) is 6.42 Å². The average Bonchev–Trinajstić information content (AvgIpc) is 2.56. The second-order valence-electron chi connectivity index (χ2n) is 10.1. The van der Waals surface area contributed by atoms with E-state index in [1.807, 2.05) is 20.8 Å². The molecule has 0 atom stereocenters. The smallest absolute Gasteiger partial charge is 0.410 e. The maximum absolute atomic E-state index is 11.9. The Bertz CT molecular complexity index is 571. The van der Waals surface area contributed by atoms with Crippen LogP contribution in [0.3, 0.4) is 0 Å². The molecule has 0 aromatic carbocycles. The van der Waals surface area contributed by atoms with Crippen molar-refractivity contribution in [1.82, 2.24) is 4.90 Å². The van der Waals surface area contributed by atoms with Crippen LogP contribution in [0.4, 0.5) is 4.79 Å². The molecular weight excluding hydrogens is 404 g/mol. The molecule has 0 aliphatic rings. The van der Waals surface area contributed by atoms with Crippen LogP contribution in [-0.2, 0) is 14.9 Å². The number of carbonyl (C=O) groups excluding carboxylic acids is 1. The second kappa shape index (κ2) is 14.2. The highest BCUT2D eigenvalue weighted by molar-refractivity contribution is 7.85. The highest BCUT2D eigenvalue weighted by Gasteiger charge is 2.19. The van der Waals surface area contributed by atoms with Crippen LogP contribution >= 0.6 is 0 Å². The van der Waals surface area contributed by atoms with Gasteiger partial charge in [0.15, 0.2) is 0 Å². The lowest BCUT2D eigenvalue weighted by atomic mass is 10.1. The van der Waals surface area contributed by atoms with E-state index >= 15 is 0 Å². The van der Waals surface area contributed by atoms with E-state index in [9.17, 15) is 13.2 Å². The highest BCUT2D eigenvalue weighted by atomic mass is 32.2. The summed E-state index contributed by atoms with van der Waals surface area (Å²) in [4.78, 5) is 13.5. The standard InChI is InChI=1S/C22H46N2O5S/c1-22(2,3)29-21(25)23(4)17-14-12-10-8-7-9-11-13-15-18-24(5,6)19-16-20-30(26,27)28/h7-20H2,1-6H3/p+1. The summed E-state index contributed by atoms with van der Waals surface area (Å²) in [6.45, 7) is 8.19. The van der Waals surface area contributed by atoms with E-state index in [0.717, 1.165) is 43.4 Å². The Labute approximate surface area is 185 Å². The van der Waals surface area contributed by atoms with E-state index in [4.69, 9.17) is 9.29 Å². The highest BCUT2D eigenvalue weighted by Crippen LogP contribution is 2.13. The van der Waals surface area contributed by atoms with Crippen LogP contribution in [0, 0.1) is 0 Å². The monoisotopic (exact) mass is 451 g/mol. The molecule has 0 bridgehead atoms. The molecular formula is C22H47N2O5S+. The number of hydrogen-bond acceptors (Lipinski definition) is 4. The molecule has 1 N–H and O–H groups in total. The first-order chi connectivity index (χ1) is 13.7. The van der Waals surface area contributed by atoms with Crippen molar-refractivity contribution in [1.29, 1.82) is 0 Å². The van der Waals surface area contributed by atoms with Gasteiger partial charge in [0.25, 0.3) is 10.1 Å². The molecule has 0 radical (unpaired) electrons. The fourth-order valence-electron chi connectivity index (χ4n) is 3.34. The Morgan fingerprint density at radius 1 is 0.867 bits per heavy atom. The van der Waals surface area contributed by atoms with Crippen LogP contribution in [0.5, 0.6) is 0 Å². The first-order valence-electron chi connectivity index (χ1n) is 11.4. The predicted molar refractivity (Wildman–Crippen MR) is 123 cm³/mol. The Balaban J connectivity index is 3.57. The molecule has 0 fully saturated rings.